The lowest BCUT2D eigenvalue weighted by atomic mass is 9.88. The van der Waals surface area contributed by atoms with Crippen LogP contribution in [0.2, 0.25) is 0 Å². The molecule has 3 aliphatic heterocycles. The Balaban J connectivity index is 1.64. The van der Waals surface area contributed by atoms with Gasteiger partial charge in [-0.2, -0.15) is 0 Å². The number of rotatable bonds is 2. The topological polar surface area (TPSA) is 32.8 Å². The predicted octanol–water partition coefficient (Wildman–Crippen LogP) is 1.50. The average Bonchev–Trinajstić information content (AvgIpc) is 2.70. The number of fused-ring (bicyclic) bond motifs is 2. The van der Waals surface area contributed by atoms with Crippen LogP contribution in [0.15, 0.2) is 0 Å². The summed E-state index contributed by atoms with van der Waals surface area (Å²) in [6, 6.07) is 1.92. The van der Waals surface area contributed by atoms with Gasteiger partial charge >= 0.3 is 0 Å². The number of hydrogen-bond donors (Lipinski definition) is 0. The summed E-state index contributed by atoms with van der Waals surface area (Å²) in [6.45, 7) is 7.58. The Hall–Kier alpha value is -0.610. The van der Waals surface area contributed by atoms with Crippen LogP contribution in [0, 0.1) is 5.92 Å². The van der Waals surface area contributed by atoms with Gasteiger partial charge in [0.1, 0.15) is 0 Å². The molecule has 4 heteroatoms. The highest BCUT2D eigenvalue weighted by molar-refractivity contribution is 5.79. The molecule has 0 aliphatic carbocycles. The molecule has 0 aromatic carbocycles. The number of hydrogen-bond acceptors (Lipinski definition) is 3. The Labute approximate surface area is 116 Å². The molecule has 0 unspecified atom stereocenters. The maximum Gasteiger partial charge on any atom is 0.225 e. The molecular formula is C15H26N2O2. The van der Waals surface area contributed by atoms with Crippen molar-refractivity contribution in [3.63, 3.8) is 0 Å². The summed E-state index contributed by atoms with van der Waals surface area (Å²) in [6.07, 6.45) is 4.72. The molecule has 0 spiro atoms. The molecule has 0 aromatic heterocycles. The van der Waals surface area contributed by atoms with Gasteiger partial charge in [-0.05, 0) is 39.5 Å². The van der Waals surface area contributed by atoms with E-state index >= 15 is 0 Å². The normalized spacial score (nSPS) is 35.9. The van der Waals surface area contributed by atoms with Crippen molar-refractivity contribution >= 4 is 5.91 Å². The van der Waals surface area contributed by atoms with E-state index in [4.69, 9.17) is 4.74 Å². The van der Waals surface area contributed by atoms with Crippen molar-refractivity contribution in [2.45, 2.75) is 57.7 Å². The first-order valence-corrected chi connectivity index (χ1v) is 7.80. The smallest absolute Gasteiger partial charge is 0.225 e. The molecule has 3 fully saturated rings. The van der Waals surface area contributed by atoms with E-state index in [1.165, 1.54) is 12.8 Å². The molecule has 4 nitrogen and oxygen atoms in total. The van der Waals surface area contributed by atoms with Crippen molar-refractivity contribution in [2.24, 2.45) is 5.92 Å². The number of carbonyl (C=O) groups excluding carboxylic acids is 1. The highest BCUT2D eigenvalue weighted by atomic mass is 16.5. The molecule has 19 heavy (non-hydrogen) atoms. The van der Waals surface area contributed by atoms with Gasteiger partial charge in [0.05, 0.1) is 13.2 Å². The molecule has 0 saturated carbocycles. The van der Waals surface area contributed by atoms with Gasteiger partial charge in [0, 0.05) is 37.1 Å². The highest BCUT2D eigenvalue weighted by Gasteiger charge is 2.44. The van der Waals surface area contributed by atoms with Crippen LogP contribution in [0.1, 0.15) is 39.5 Å². The summed E-state index contributed by atoms with van der Waals surface area (Å²) in [5, 5.41) is 0. The fourth-order valence-electron chi connectivity index (χ4n) is 4.30. The van der Waals surface area contributed by atoms with Crippen LogP contribution >= 0.6 is 0 Å². The zero-order valence-corrected chi connectivity index (χ0v) is 12.2. The van der Waals surface area contributed by atoms with Gasteiger partial charge in [0.2, 0.25) is 5.91 Å². The van der Waals surface area contributed by atoms with E-state index in [0.717, 1.165) is 25.9 Å². The second-order valence-corrected chi connectivity index (χ2v) is 6.53. The molecule has 2 bridgehead atoms. The zero-order chi connectivity index (χ0) is 13.4. The fourth-order valence-corrected chi connectivity index (χ4v) is 4.30. The van der Waals surface area contributed by atoms with Crippen LogP contribution in [0.25, 0.3) is 0 Å². The van der Waals surface area contributed by atoms with Gasteiger partial charge in [-0.15, -0.1) is 0 Å². The first-order chi connectivity index (χ1) is 9.16. The third-order valence-electron chi connectivity index (χ3n) is 5.06. The maximum atomic E-state index is 12.6. The van der Waals surface area contributed by atoms with Gasteiger partial charge in [0.15, 0.2) is 0 Å². The summed E-state index contributed by atoms with van der Waals surface area (Å²) < 4.78 is 5.34. The Morgan fingerprint density at radius 1 is 1.11 bits per heavy atom. The van der Waals surface area contributed by atoms with Crippen molar-refractivity contribution in [1.82, 2.24) is 9.80 Å². The molecule has 3 saturated heterocycles. The molecule has 3 aliphatic rings. The number of carbonyl (C=O) groups is 1. The van der Waals surface area contributed by atoms with E-state index in [2.05, 4.69) is 18.7 Å². The molecule has 108 valence electrons. The lowest BCUT2D eigenvalue weighted by Gasteiger charge is -2.42. The minimum absolute atomic E-state index is 0.269. The summed E-state index contributed by atoms with van der Waals surface area (Å²) in [5.74, 6) is 0.661. The minimum Gasteiger partial charge on any atom is -0.378 e. The first kappa shape index (κ1) is 13.4. The van der Waals surface area contributed by atoms with E-state index in [9.17, 15) is 4.79 Å². The molecule has 3 rings (SSSR count). The predicted molar refractivity (Wildman–Crippen MR) is 73.9 cm³/mol. The number of piperidine rings is 1. The lowest BCUT2D eigenvalue weighted by molar-refractivity contribution is -0.142. The standard InChI is InChI=1S/C15H26N2O2/c1-11(2)17-13-3-4-14(17)10-12(9-13)15(18)16-5-7-19-8-6-16/h11-14H,3-10H2,1-2H3/t12-,13-,14+. The second-order valence-electron chi connectivity index (χ2n) is 6.53. The van der Waals surface area contributed by atoms with Crippen LogP contribution in [0.5, 0.6) is 0 Å². The molecule has 0 aromatic rings. The van der Waals surface area contributed by atoms with Crippen molar-refractivity contribution < 1.29 is 9.53 Å². The van der Waals surface area contributed by atoms with Crippen molar-refractivity contribution in [1.29, 1.82) is 0 Å². The minimum atomic E-state index is 0.269. The largest absolute Gasteiger partial charge is 0.378 e. The number of nitrogens with zero attached hydrogens (tertiary/aromatic N) is 2. The Morgan fingerprint density at radius 3 is 2.21 bits per heavy atom. The third kappa shape index (κ3) is 2.52. The summed E-state index contributed by atoms with van der Waals surface area (Å²) in [7, 11) is 0. The SMILES string of the molecule is CC(C)N1[C@@H]2CC[C@H]1C[C@H](C(=O)N1CCOCC1)C2. The molecule has 3 atom stereocenters. The van der Waals surface area contributed by atoms with Crippen LogP contribution in [-0.4, -0.2) is 60.1 Å². The number of morpholine rings is 1. The molecule has 0 radical (unpaired) electrons. The molecule has 1 amide bonds. The maximum absolute atomic E-state index is 12.6. The quantitative estimate of drug-likeness (QED) is 0.759. The van der Waals surface area contributed by atoms with Crippen molar-refractivity contribution in [2.75, 3.05) is 26.3 Å². The Kier molecular flexibility index (Phi) is 3.81. The number of ether oxygens (including phenoxy) is 1. The Bertz CT molecular complexity index is 325. The van der Waals surface area contributed by atoms with E-state index in [1.54, 1.807) is 0 Å². The Morgan fingerprint density at radius 2 is 1.68 bits per heavy atom. The van der Waals surface area contributed by atoms with Crippen molar-refractivity contribution in [3.8, 4) is 0 Å². The zero-order valence-electron chi connectivity index (χ0n) is 12.2. The van der Waals surface area contributed by atoms with E-state index in [1.807, 2.05) is 4.90 Å². The molecule has 3 heterocycles. The van der Waals surface area contributed by atoms with Crippen LogP contribution < -0.4 is 0 Å². The van der Waals surface area contributed by atoms with Crippen LogP contribution in [0.3, 0.4) is 0 Å². The third-order valence-corrected chi connectivity index (χ3v) is 5.06. The second kappa shape index (κ2) is 5.41. The number of amides is 1. The van der Waals surface area contributed by atoms with E-state index < -0.39 is 0 Å². The van der Waals surface area contributed by atoms with Gasteiger partial charge in [-0.3, -0.25) is 9.69 Å². The van der Waals surface area contributed by atoms with Crippen molar-refractivity contribution in [3.05, 3.63) is 0 Å². The summed E-state index contributed by atoms with van der Waals surface area (Å²) in [4.78, 5) is 17.3. The van der Waals surface area contributed by atoms with Gasteiger partial charge < -0.3 is 9.64 Å². The highest BCUT2D eigenvalue weighted by Crippen LogP contribution is 2.40. The molecular weight excluding hydrogens is 240 g/mol. The van der Waals surface area contributed by atoms with Gasteiger partial charge in [-0.1, -0.05) is 0 Å². The van der Waals surface area contributed by atoms with E-state index in [-0.39, 0.29) is 5.92 Å². The lowest BCUT2D eigenvalue weighted by Crippen LogP contribution is -2.51. The van der Waals surface area contributed by atoms with E-state index in [0.29, 0.717) is 37.2 Å². The molecule has 0 N–H and O–H groups in total. The van der Waals surface area contributed by atoms with Crippen LogP contribution in [0.4, 0.5) is 0 Å². The first-order valence-electron chi connectivity index (χ1n) is 7.80. The monoisotopic (exact) mass is 266 g/mol. The average molecular weight is 266 g/mol. The summed E-state index contributed by atoms with van der Waals surface area (Å²) >= 11 is 0. The summed E-state index contributed by atoms with van der Waals surface area (Å²) in [5.41, 5.74) is 0. The fraction of sp³-hybridized carbons (Fsp3) is 0.933. The van der Waals surface area contributed by atoms with Gasteiger partial charge in [0.25, 0.3) is 0 Å². The van der Waals surface area contributed by atoms with Crippen LogP contribution in [-0.2, 0) is 9.53 Å². The van der Waals surface area contributed by atoms with Gasteiger partial charge in [-0.25, -0.2) is 0 Å².